The summed E-state index contributed by atoms with van der Waals surface area (Å²) in [6, 6.07) is 3.97. The Bertz CT molecular complexity index is 570. The Morgan fingerprint density at radius 1 is 1.22 bits per heavy atom. The molecule has 1 N–H and O–H groups in total. The summed E-state index contributed by atoms with van der Waals surface area (Å²) >= 11 is 7.00. The summed E-state index contributed by atoms with van der Waals surface area (Å²) in [7, 11) is 0. The van der Waals surface area contributed by atoms with Crippen LogP contribution in [0.3, 0.4) is 0 Å². The zero-order valence-corrected chi connectivity index (χ0v) is 16.2. The number of nitrogens with one attached hydrogen (secondary N) is 1. The van der Waals surface area contributed by atoms with Gasteiger partial charge in [-0.25, -0.2) is 0 Å². The molecule has 126 valence electrons. The summed E-state index contributed by atoms with van der Waals surface area (Å²) in [6.45, 7) is 5.36. The van der Waals surface area contributed by atoms with Crippen molar-refractivity contribution >= 4 is 43.5 Å². The smallest absolute Gasteiger partial charge is 0.238 e. The Morgan fingerprint density at radius 3 is 2.35 bits per heavy atom. The number of hydrogen-bond donors (Lipinski definition) is 1. The van der Waals surface area contributed by atoms with Gasteiger partial charge in [0.15, 0.2) is 5.79 Å². The zero-order chi connectivity index (χ0) is 16.4. The van der Waals surface area contributed by atoms with E-state index >= 15 is 0 Å². The molecular formula is C16H20Br2N2O3. The number of piperidine rings is 1. The normalized spacial score (nSPS) is 20.8. The molecule has 0 saturated carbocycles. The second-order valence-corrected chi connectivity index (χ2v) is 7.74. The van der Waals surface area contributed by atoms with Crippen LogP contribution in [0.4, 0.5) is 5.69 Å². The van der Waals surface area contributed by atoms with Crippen molar-refractivity contribution < 1.29 is 14.3 Å². The van der Waals surface area contributed by atoms with Crippen molar-refractivity contribution in [3.8, 4) is 0 Å². The third kappa shape index (κ3) is 4.14. The first-order valence-electron chi connectivity index (χ1n) is 7.73. The predicted octanol–water partition coefficient (Wildman–Crippen LogP) is 3.30. The van der Waals surface area contributed by atoms with Gasteiger partial charge in [0.25, 0.3) is 0 Å². The van der Waals surface area contributed by atoms with Crippen molar-refractivity contribution in [2.45, 2.75) is 25.6 Å². The lowest BCUT2D eigenvalue weighted by Crippen LogP contribution is -2.47. The fourth-order valence-electron chi connectivity index (χ4n) is 3.04. The predicted molar refractivity (Wildman–Crippen MR) is 95.5 cm³/mol. The van der Waals surface area contributed by atoms with Crippen molar-refractivity contribution in [3.05, 3.63) is 26.6 Å². The van der Waals surface area contributed by atoms with Crippen LogP contribution < -0.4 is 5.32 Å². The van der Waals surface area contributed by atoms with E-state index in [1.165, 1.54) is 0 Å². The van der Waals surface area contributed by atoms with E-state index in [1.54, 1.807) is 0 Å². The van der Waals surface area contributed by atoms with Crippen LogP contribution in [0.25, 0.3) is 0 Å². The van der Waals surface area contributed by atoms with E-state index in [1.807, 2.05) is 19.1 Å². The lowest BCUT2D eigenvalue weighted by Gasteiger charge is -2.37. The Hall–Kier alpha value is -0.470. The molecule has 0 radical (unpaired) electrons. The van der Waals surface area contributed by atoms with E-state index in [0.717, 1.165) is 46.1 Å². The number of hydrogen-bond acceptors (Lipinski definition) is 4. The molecule has 2 fully saturated rings. The average Bonchev–Trinajstić information content (AvgIpc) is 2.94. The number of anilines is 1. The Morgan fingerprint density at radius 2 is 1.78 bits per heavy atom. The van der Waals surface area contributed by atoms with Gasteiger partial charge in [-0.15, -0.1) is 0 Å². The molecule has 3 rings (SSSR count). The lowest BCUT2D eigenvalue weighted by molar-refractivity contribution is -0.185. The van der Waals surface area contributed by atoms with Gasteiger partial charge in [-0.05, 0) is 56.5 Å². The van der Waals surface area contributed by atoms with Crippen LogP contribution in [0.1, 0.15) is 18.4 Å². The zero-order valence-electron chi connectivity index (χ0n) is 13.0. The number of nitrogens with zero attached hydrogens (tertiary/aromatic N) is 1. The standard InChI is InChI=1S/C16H20Br2N2O3/c1-11-8-12(17)15(13(18)9-11)19-14(21)10-20-4-2-16(3-5-20)22-6-7-23-16/h8-9H,2-7,10H2,1H3,(H,19,21). The number of carbonyl (C=O) groups is 1. The van der Waals surface area contributed by atoms with E-state index < -0.39 is 5.79 Å². The molecule has 2 heterocycles. The highest BCUT2D eigenvalue weighted by Crippen LogP contribution is 2.33. The number of amides is 1. The van der Waals surface area contributed by atoms with Crippen molar-refractivity contribution in [2.24, 2.45) is 0 Å². The molecule has 1 aromatic rings. The third-order valence-corrected chi connectivity index (χ3v) is 5.50. The van der Waals surface area contributed by atoms with Crippen molar-refractivity contribution in [1.29, 1.82) is 0 Å². The van der Waals surface area contributed by atoms with Gasteiger partial charge in [-0.1, -0.05) is 0 Å². The van der Waals surface area contributed by atoms with Gasteiger partial charge in [0.2, 0.25) is 5.91 Å². The highest BCUT2D eigenvalue weighted by atomic mass is 79.9. The van der Waals surface area contributed by atoms with Crippen LogP contribution in [-0.4, -0.2) is 49.4 Å². The van der Waals surface area contributed by atoms with E-state index in [0.29, 0.717) is 19.8 Å². The first-order valence-corrected chi connectivity index (χ1v) is 9.32. The molecule has 2 aliphatic rings. The van der Waals surface area contributed by atoms with Crippen LogP contribution in [0.2, 0.25) is 0 Å². The highest BCUT2D eigenvalue weighted by Gasteiger charge is 2.39. The molecule has 5 nitrogen and oxygen atoms in total. The first-order chi connectivity index (χ1) is 11.0. The minimum Gasteiger partial charge on any atom is -0.347 e. The molecule has 23 heavy (non-hydrogen) atoms. The topological polar surface area (TPSA) is 50.8 Å². The largest absolute Gasteiger partial charge is 0.347 e. The number of carbonyl (C=O) groups excluding carboxylic acids is 1. The molecule has 2 aliphatic heterocycles. The number of likely N-dealkylation sites (tertiary alicyclic amines) is 1. The van der Waals surface area contributed by atoms with Crippen molar-refractivity contribution in [2.75, 3.05) is 38.2 Å². The van der Waals surface area contributed by atoms with E-state index in [-0.39, 0.29) is 5.91 Å². The summed E-state index contributed by atoms with van der Waals surface area (Å²) in [5.74, 6) is -0.407. The van der Waals surface area contributed by atoms with Crippen LogP contribution in [0, 0.1) is 6.92 Å². The Kier molecular flexibility index (Phi) is 5.42. The molecule has 1 aromatic carbocycles. The van der Waals surface area contributed by atoms with Crippen molar-refractivity contribution in [1.82, 2.24) is 4.90 Å². The maximum absolute atomic E-state index is 12.3. The summed E-state index contributed by atoms with van der Waals surface area (Å²) < 4.78 is 13.2. The van der Waals surface area contributed by atoms with Gasteiger partial charge >= 0.3 is 0 Å². The average molecular weight is 448 g/mol. The highest BCUT2D eigenvalue weighted by molar-refractivity contribution is 9.11. The van der Waals surface area contributed by atoms with Crippen LogP contribution in [-0.2, 0) is 14.3 Å². The summed E-state index contributed by atoms with van der Waals surface area (Å²) in [4.78, 5) is 14.5. The minimum absolute atomic E-state index is 0.0144. The van der Waals surface area contributed by atoms with Crippen LogP contribution in [0.5, 0.6) is 0 Å². The Balaban J connectivity index is 1.54. The van der Waals surface area contributed by atoms with E-state index in [2.05, 4.69) is 42.1 Å². The van der Waals surface area contributed by atoms with Crippen LogP contribution in [0.15, 0.2) is 21.1 Å². The number of rotatable bonds is 3. The van der Waals surface area contributed by atoms with E-state index in [4.69, 9.17) is 9.47 Å². The molecule has 0 aromatic heterocycles. The van der Waals surface area contributed by atoms with E-state index in [9.17, 15) is 4.79 Å². The molecular weight excluding hydrogens is 428 g/mol. The lowest BCUT2D eigenvalue weighted by atomic mass is 10.0. The van der Waals surface area contributed by atoms with Crippen molar-refractivity contribution in [3.63, 3.8) is 0 Å². The second-order valence-electron chi connectivity index (χ2n) is 6.04. The van der Waals surface area contributed by atoms with Gasteiger partial charge in [-0.3, -0.25) is 9.69 Å². The van der Waals surface area contributed by atoms with Crippen LogP contribution >= 0.6 is 31.9 Å². The third-order valence-electron chi connectivity index (χ3n) is 4.25. The SMILES string of the molecule is Cc1cc(Br)c(NC(=O)CN2CCC3(CC2)OCCO3)c(Br)c1. The Labute approximate surface area is 153 Å². The molecule has 1 spiro atoms. The number of ether oxygens (including phenoxy) is 2. The van der Waals surface area contributed by atoms with Gasteiger partial charge in [0.05, 0.1) is 25.4 Å². The molecule has 0 atom stereocenters. The second kappa shape index (κ2) is 7.19. The van der Waals surface area contributed by atoms with Gasteiger partial charge in [0.1, 0.15) is 0 Å². The fourth-order valence-corrected chi connectivity index (χ4v) is 4.65. The van der Waals surface area contributed by atoms with Gasteiger partial charge in [0, 0.05) is 34.9 Å². The maximum atomic E-state index is 12.3. The summed E-state index contributed by atoms with van der Waals surface area (Å²) in [5, 5.41) is 2.98. The first kappa shape index (κ1) is 17.4. The quantitative estimate of drug-likeness (QED) is 0.772. The van der Waals surface area contributed by atoms with Gasteiger partial charge in [-0.2, -0.15) is 0 Å². The summed E-state index contributed by atoms with van der Waals surface area (Å²) in [5.41, 5.74) is 1.90. The fraction of sp³-hybridized carbons (Fsp3) is 0.562. The number of benzene rings is 1. The monoisotopic (exact) mass is 446 g/mol. The molecule has 0 unspecified atom stereocenters. The summed E-state index contributed by atoms with van der Waals surface area (Å²) in [6.07, 6.45) is 1.64. The molecule has 0 bridgehead atoms. The van der Waals surface area contributed by atoms with Gasteiger partial charge < -0.3 is 14.8 Å². The number of aryl methyl sites for hydroxylation is 1. The molecule has 7 heteroatoms. The number of halogens is 2. The molecule has 2 saturated heterocycles. The molecule has 1 amide bonds. The molecule has 0 aliphatic carbocycles. The minimum atomic E-state index is -0.393. The maximum Gasteiger partial charge on any atom is 0.238 e.